The van der Waals surface area contributed by atoms with Crippen molar-refractivity contribution in [1.29, 1.82) is 0 Å². The molecule has 0 spiro atoms. The van der Waals surface area contributed by atoms with Gasteiger partial charge in [-0.05, 0) is 24.5 Å². The van der Waals surface area contributed by atoms with Gasteiger partial charge in [-0.1, -0.05) is 30.3 Å². The van der Waals surface area contributed by atoms with Crippen molar-refractivity contribution in [1.82, 2.24) is 20.4 Å². The van der Waals surface area contributed by atoms with Gasteiger partial charge in [-0.2, -0.15) is 5.10 Å². The molecule has 1 saturated heterocycles. The first kappa shape index (κ1) is 17.7. The summed E-state index contributed by atoms with van der Waals surface area (Å²) >= 11 is 0. The molecule has 136 valence electrons. The molecule has 0 unspecified atom stereocenters. The Hall–Kier alpha value is -3.16. The Morgan fingerprint density at radius 1 is 1.15 bits per heavy atom. The molecule has 2 aromatic rings. The quantitative estimate of drug-likeness (QED) is 0.859. The van der Waals surface area contributed by atoms with Gasteiger partial charge in [0.25, 0.3) is 11.5 Å². The summed E-state index contributed by atoms with van der Waals surface area (Å²) in [6.07, 6.45) is 0.923. The minimum absolute atomic E-state index is 0.0469. The van der Waals surface area contributed by atoms with Crippen LogP contribution < -0.4 is 10.9 Å². The summed E-state index contributed by atoms with van der Waals surface area (Å²) < 4.78 is 5.32. The van der Waals surface area contributed by atoms with Crippen molar-refractivity contribution in [3.05, 3.63) is 64.1 Å². The molecule has 1 aromatic heterocycles. The highest BCUT2D eigenvalue weighted by Crippen LogP contribution is 2.13. The van der Waals surface area contributed by atoms with Crippen LogP contribution in [0.25, 0.3) is 0 Å². The number of piperidine rings is 1. The van der Waals surface area contributed by atoms with Crippen LogP contribution in [-0.4, -0.2) is 46.2 Å². The molecule has 0 aliphatic carbocycles. The number of rotatable bonds is 4. The molecule has 8 nitrogen and oxygen atoms in total. The summed E-state index contributed by atoms with van der Waals surface area (Å²) in [5, 5.41) is 8.81. The van der Waals surface area contributed by atoms with Gasteiger partial charge in [0.15, 0.2) is 0 Å². The molecule has 0 saturated carbocycles. The number of H-pyrrole nitrogens is 1. The normalized spacial score (nSPS) is 14.7. The maximum absolute atomic E-state index is 12.1. The minimum Gasteiger partial charge on any atom is -0.445 e. The Bertz CT molecular complexity index is 793. The van der Waals surface area contributed by atoms with Crippen molar-refractivity contribution in [3.63, 3.8) is 0 Å². The standard InChI is InChI=1S/C18H20N4O4/c23-16-7-6-15(20-21-16)17(24)19-14-8-10-22(11-9-14)18(25)26-12-13-4-2-1-3-5-13/h1-7,14H,8-12H2,(H,19,24)(H,21,23). The highest BCUT2D eigenvalue weighted by atomic mass is 16.6. The van der Waals surface area contributed by atoms with Crippen LogP contribution in [0.4, 0.5) is 4.79 Å². The van der Waals surface area contributed by atoms with Gasteiger partial charge < -0.3 is 15.0 Å². The fourth-order valence-electron chi connectivity index (χ4n) is 2.75. The van der Waals surface area contributed by atoms with Gasteiger partial charge in [0.1, 0.15) is 12.3 Å². The number of carbonyl (C=O) groups excluding carboxylic acids is 2. The van der Waals surface area contributed by atoms with E-state index in [0.29, 0.717) is 25.9 Å². The fourth-order valence-corrected chi connectivity index (χ4v) is 2.75. The van der Waals surface area contributed by atoms with E-state index in [-0.39, 0.29) is 35.9 Å². The smallest absolute Gasteiger partial charge is 0.410 e. The van der Waals surface area contributed by atoms with Crippen molar-refractivity contribution in [3.8, 4) is 0 Å². The maximum Gasteiger partial charge on any atom is 0.410 e. The Morgan fingerprint density at radius 2 is 1.88 bits per heavy atom. The first-order valence-corrected chi connectivity index (χ1v) is 8.44. The number of amides is 2. The lowest BCUT2D eigenvalue weighted by molar-refractivity contribution is 0.0807. The fraction of sp³-hybridized carbons (Fsp3) is 0.333. The molecule has 26 heavy (non-hydrogen) atoms. The van der Waals surface area contributed by atoms with Crippen molar-refractivity contribution in [2.75, 3.05) is 13.1 Å². The van der Waals surface area contributed by atoms with E-state index >= 15 is 0 Å². The number of nitrogens with zero attached hydrogens (tertiary/aromatic N) is 2. The van der Waals surface area contributed by atoms with Crippen LogP contribution in [0.1, 0.15) is 28.9 Å². The molecule has 2 heterocycles. The van der Waals surface area contributed by atoms with Gasteiger partial charge in [-0.3, -0.25) is 9.59 Å². The lowest BCUT2D eigenvalue weighted by atomic mass is 10.1. The number of aromatic amines is 1. The summed E-state index contributed by atoms with van der Waals surface area (Å²) in [5.41, 5.74) is 0.745. The average molecular weight is 356 g/mol. The van der Waals surface area contributed by atoms with Crippen LogP contribution in [-0.2, 0) is 11.3 Å². The number of hydrogen-bond donors (Lipinski definition) is 2. The Balaban J connectivity index is 1.43. The van der Waals surface area contributed by atoms with Gasteiger partial charge in [0, 0.05) is 25.2 Å². The zero-order valence-corrected chi connectivity index (χ0v) is 14.2. The third kappa shape index (κ3) is 4.69. The number of benzene rings is 1. The molecule has 3 rings (SSSR count). The summed E-state index contributed by atoms with van der Waals surface area (Å²) in [7, 11) is 0. The van der Waals surface area contributed by atoms with E-state index in [9.17, 15) is 14.4 Å². The van der Waals surface area contributed by atoms with Crippen molar-refractivity contribution < 1.29 is 14.3 Å². The number of aromatic nitrogens is 2. The third-order valence-corrected chi connectivity index (χ3v) is 4.21. The number of ether oxygens (including phenoxy) is 1. The van der Waals surface area contributed by atoms with Crippen LogP contribution in [0.15, 0.2) is 47.3 Å². The predicted octanol–water partition coefficient (Wildman–Crippen LogP) is 1.30. The molecule has 8 heteroatoms. The molecule has 1 fully saturated rings. The van der Waals surface area contributed by atoms with Crippen LogP contribution in [0.2, 0.25) is 0 Å². The number of likely N-dealkylation sites (tertiary alicyclic amines) is 1. The van der Waals surface area contributed by atoms with E-state index in [1.165, 1.54) is 12.1 Å². The SMILES string of the molecule is O=C(NC1CCN(C(=O)OCc2ccccc2)CC1)c1ccc(=O)[nH]n1. The molecule has 0 atom stereocenters. The summed E-state index contributed by atoms with van der Waals surface area (Å²) in [6.45, 7) is 1.27. The van der Waals surface area contributed by atoms with Crippen LogP contribution in [0.3, 0.4) is 0 Å². The molecule has 2 N–H and O–H groups in total. The highest BCUT2D eigenvalue weighted by Gasteiger charge is 2.25. The van der Waals surface area contributed by atoms with Crippen LogP contribution >= 0.6 is 0 Å². The van der Waals surface area contributed by atoms with E-state index < -0.39 is 0 Å². The zero-order valence-electron chi connectivity index (χ0n) is 14.2. The summed E-state index contributed by atoms with van der Waals surface area (Å²) in [4.78, 5) is 36.8. The van der Waals surface area contributed by atoms with E-state index in [1.54, 1.807) is 4.90 Å². The molecule has 0 radical (unpaired) electrons. The van der Waals surface area contributed by atoms with E-state index in [4.69, 9.17) is 4.74 Å². The van der Waals surface area contributed by atoms with Gasteiger partial charge in [0.2, 0.25) is 0 Å². The average Bonchev–Trinajstić information content (AvgIpc) is 2.68. The highest BCUT2D eigenvalue weighted by molar-refractivity contribution is 5.92. The molecule has 2 amide bonds. The van der Waals surface area contributed by atoms with Gasteiger partial charge in [-0.15, -0.1) is 0 Å². The van der Waals surface area contributed by atoms with E-state index in [1.807, 2.05) is 30.3 Å². The molecular weight excluding hydrogens is 336 g/mol. The molecular formula is C18H20N4O4. The molecule has 1 aliphatic heterocycles. The zero-order chi connectivity index (χ0) is 18.4. The monoisotopic (exact) mass is 356 g/mol. The van der Waals surface area contributed by atoms with Crippen LogP contribution in [0, 0.1) is 0 Å². The second kappa shape index (κ2) is 8.28. The first-order chi connectivity index (χ1) is 12.6. The Kier molecular flexibility index (Phi) is 5.62. The maximum atomic E-state index is 12.1. The number of hydrogen-bond acceptors (Lipinski definition) is 5. The van der Waals surface area contributed by atoms with Gasteiger partial charge in [-0.25, -0.2) is 9.89 Å². The van der Waals surface area contributed by atoms with Gasteiger partial charge in [0.05, 0.1) is 0 Å². The Morgan fingerprint density at radius 3 is 2.54 bits per heavy atom. The topological polar surface area (TPSA) is 104 Å². The second-order valence-electron chi connectivity index (χ2n) is 6.08. The van der Waals surface area contributed by atoms with E-state index in [0.717, 1.165) is 5.56 Å². The minimum atomic E-state index is -0.358. The third-order valence-electron chi connectivity index (χ3n) is 4.21. The molecule has 1 aromatic carbocycles. The van der Waals surface area contributed by atoms with Gasteiger partial charge >= 0.3 is 6.09 Å². The predicted molar refractivity (Wildman–Crippen MR) is 93.5 cm³/mol. The van der Waals surface area contributed by atoms with E-state index in [2.05, 4.69) is 15.5 Å². The lowest BCUT2D eigenvalue weighted by Crippen LogP contribution is -2.46. The summed E-state index contributed by atoms with van der Waals surface area (Å²) in [6, 6.07) is 12.1. The lowest BCUT2D eigenvalue weighted by Gasteiger charge is -2.31. The van der Waals surface area contributed by atoms with Crippen molar-refractivity contribution in [2.24, 2.45) is 0 Å². The van der Waals surface area contributed by atoms with Crippen molar-refractivity contribution in [2.45, 2.75) is 25.5 Å². The summed E-state index contributed by atoms with van der Waals surface area (Å²) in [5.74, 6) is -0.341. The Labute approximate surface area is 150 Å². The number of carbonyl (C=O) groups is 2. The molecule has 0 bridgehead atoms. The number of nitrogens with one attached hydrogen (secondary N) is 2. The van der Waals surface area contributed by atoms with Crippen molar-refractivity contribution >= 4 is 12.0 Å². The van der Waals surface area contributed by atoms with Crippen LogP contribution in [0.5, 0.6) is 0 Å². The second-order valence-corrected chi connectivity index (χ2v) is 6.08. The first-order valence-electron chi connectivity index (χ1n) is 8.44. The largest absolute Gasteiger partial charge is 0.445 e. The molecule has 1 aliphatic rings.